The van der Waals surface area contributed by atoms with Crippen molar-refractivity contribution in [2.45, 2.75) is 31.8 Å². The number of hydrogen-bond acceptors (Lipinski definition) is 3. The molecule has 0 heterocycles. The van der Waals surface area contributed by atoms with Crippen LogP contribution in [0.15, 0.2) is 18.2 Å². The highest BCUT2D eigenvalue weighted by Crippen LogP contribution is 2.28. The van der Waals surface area contributed by atoms with Gasteiger partial charge in [-0.1, -0.05) is 17.7 Å². The van der Waals surface area contributed by atoms with Crippen LogP contribution in [-0.2, 0) is 0 Å². The summed E-state index contributed by atoms with van der Waals surface area (Å²) in [5.41, 5.74) is 6.84. The van der Waals surface area contributed by atoms with Crippen LogP contribution in [0.1, 0.15) is 31.4 Å². The van der Waals surface area contributed by atoms with Gasteiger partial charge in [0, 0.05) is 18.6 Å². The molecule has 2 N–H and O–H groups in total. The number of nitrogens with zero attached hydrogens (tertiary/aromatic N) is 1. The molecule has 1 atom stereocenters. The molecule has 0 spiro atoms. The van der Waals surface area contributed by atoms with E-state index in [2.05, 4.69) is 11.9 Å². The van der Waals surface area contributed by atoms with Crippen molar-refractivity contribution < 1.29 is 4.74 Å². The highest BCUT2D eigenvalue weighted by atomic mass is 35.5. The second-order valence-corrected chi connectivity index (χ2v) is 5.45. The molecule has 0 saturated heterocycles. The zero-order valence-electron chi connectivity index (χ0n) is 11.0. The summed E-state index contributed by atoms with van der Waals surface area (Å²) >= 11 is 6.17. The number of hydrogen-bond donors (Lipinski definition) is 1. The zero-order chi connectivity index (χ0) is 13.1. The lowest BCUT2D eigenvalue weighted by molar-refractivity contribution is 0.232. The topological polar surface area (TPSA) is 38.5 Å². The van der Waals surface area contributed by atoms with Gasteiger partial charge in [-0.2, -0.15) is 0 Å². The van der Waals surface area contributed by atoms with Gasteiger partial charge < -0.3 is 15.4 Å². The van der Waals surface area contributed by atoms with E-state index in [0.717, 1.165) is 23.9 Å². The molecule has 0 radical (unpaired) electrons. The fourth-order valence-corrected chi connectivity index (χ4v) is 2.16. The van der Waals surface area contributed by atoms with Gasteiger partial charge >= 0.3 is 0 Å². The van der Waals surface area contributed by atoms with Gasteiger partial charge in [0.2, 0.25) is 0 Å². The van der Waals surface area contributed by atoms with Crippen molar-refractivity contribution in [2.75, 3.05) is 20.2 Å². The van der Waals surface area contributed by atoms with Crippen molar-refractivity contribution in [3.63, 3.8) is 0 Å². The molecule has 0 bridgehead atoms. The minimum Gasteiger partial charge on any atom is -0.491 e. The second kappa shape index (κ2) is 5.91. The van der Waals surface area contributed by atoms with Gasteiger partial charge in [-0.3, -0.25) is 0 Å². The number of likely N-dealkylation sites (N-methyl/N-ethyl adjacent to an activating group) is 1. The van der Waals surface area contributed by atoms with Crippen LogP contribution in [0.25, 0.3) is 0 Å². The summed E-state index contributed by atoms with van der Waals surface area (Å²) in [6.07, 6.45) is 2.64. The Hall–Kier alpha value is -0.770. The quantitative estimate of drug-likeness (QED) is 0.862. The van der Waals surface area contributed by atoms with E-state index in [1.54, 1.807) is 0 Å². The lowest BCUT2D eigenvalue weighted by Gasteiger charge is -2.16. The lowest BCUT2D eigenvalue weighted by atomic mass is 10.1. The Labute approximate surface area is 114 Å². The van der Waals surface area contributed by atoms with Crippen molar-refractivity contribution in [3.8, 4) is 5.75 Å². The predicted molar refractivity (Wildman–Crippen MR) is 75.2 cm³/mol. The van der Waals surface area contributed by atoms with Crippen molar-refractivity contribution in [2.24, 2.45) is 5.73 Å². The van der Waals surface area contributed by atoms with E-state index >= 15 is 0 Å². The molecule has 0 unspecified atom stereocenters. The molecule has 1 aromatic rings. The second-order valence-electron chi connectivity index (χ2n) is 5.04. The molecular formula is C14H21ClN2O. The molecule has 0 aliphatic heterocycles. The minimum atomic E-state index is -0.00227. The maximum Gasteiger partial charge on any atom is 0.137 e. The Bertz CT molecular complexity index is 405. The van der Waals surface area contributed by atoms with Crippen molar-refractivity contribution in [1.29, 1.82) is 0 Å². The average molecular weight is 269 g/mol. The molecule has 1 saturated carbocycles. The largest absolute Gasteiger partial charge is 0.491 e. The summed E-state index contributed by atoms with van der Waals surface area (Å²) in [5, 5.41) is 0.638. The Morgan fingerprint density at radius 2 is 2.22 bits per heavy atom. The fraction of sp³-hybridized carbons (Fsp3) is 0.571. The normalized spacial score (nSPS) is 16.9. The standard InChI is InChI=1S/C14H21ClN2O/c1-10(16)11-3-6-14(13(15)9-11)18-8-7-17(2)12-4-5-12/h3,6,9-10,12H,4-5,7-8,16H2,1-2H3/t10-/m1/s1. The number of nitrogens with two attached hydrogens (primary N) is 1. The van der Waals surface area contributed by atoms with Gasteiger partial charge in [0.05, 0.1) is 5.02 Å². The van der Waals surface area contributed by atoms with Gasteiger partial charge in [-0.05, 0) is 44.5 Å². The van der Waals surface area contributed by atoms with E-state index < -0.39 is 0 Å². The van der Waals surface area contributed by atoms with E-state index in [4.69, 9.17) is 22.1 Å². The molecule has 0 amide bonds. The number of ether oxygens (including phenoxy) is 1. The number of rotatable bonds is 6. The smallest absolute Gasteiger partial charge is 0.137 e. The monoisotopic (exact) mass is 268 g/mol. The van der Waals surface area contributed by atoms with Crippen LogP contribution in [0.4, 0.5) is 0 Å². The molecule has 0 aromatic heterocycles. The van der Waals surface area contributed by atoms with Crippen LogP contribution in [0.2, 0.25) is 5.02 Å². The third kappa shape index (κ3) is 3.61. The summed E-state index contributed by atoms with van der Waals surface area (Å²) in [6, 6.07) is 6.52. The summed E-state index contributed by atoms with van der Waals surface area (Å²) < 4.78 is 5.71. The summed E-state index contributed by atoms with van der Waals surface area (Å²) in [7, 11) is 2.14. The first-order chi connectivity index (χ1) is 8.58. The summed E-state index contributed by atoms with van der Waals surface area (Å²) in [6.45, 7) is 3.55. The molecule has 18 heavy (non-hydrogen) atoms. The molecular weight excluding hydrogens is 248 g/mol. The van der Waals surface area contributed by atoms with Crippen molar-refractivity contribution in [3.05, 3.63) is 28.8 Å². The molecule has 1 aliphatic carbocycles. The van der Waals surface area contributed by atoms with E-state index in [9.17, 15) is 0 Å². The summed E-state index contributed by atoms with van der Waals surface area (Å²) in [4.78, 5) is 2.34. The predicted octanol–water partition coefficient (Wildman–Crippen LogP) is 2.83. The number of halogens is 1. The first-order valence-electron chi connectivity index (χ1n) is 6.46. The van der Waals surface area contributed by atoms with Gasteiger partial charge in [0.15, 0.2) is 0 Å². The highest BCUT2D eigenvalue weighted by Gasteiger charge is 2.25. The van der Waals surface area contributed by atoms with Gasteiger partial charge in [0.25, 0.3) is 0 Å². The molecule has 1 aromatic carbocycles. The van der Waals surface area contributed by atoms with Crippen molar-refractivity contribution >= 4 is 11.6 Å². The highest BCUT2D eigenvalue weighted by molar-refractivity contribution is 6.32. The third-order valence-corrected chi connectivity index (χ3v) is 3.65. The van der Waals surface area contributed by atoms with Crippen LogP contribution in [0.5, 0.6) is 5.75 Å². The maximum absolute atomic E-state index is 6.17. The maximum atomic E-state index is 6.17. The summed E-state index contributed by atoms with van der Waals surface area (Å²) in [5.74, 6) is 0.741. The van der Waals surface area contributed by atoms with Crippen LogP contribution < -0.4 is 10.5 Å². The zero-order valence-corrected chi connectivity index (χ0v) is 11.8. The van der Waals surface area contributed by atoms with Crippen LogP contribution in [-0.4, -0.2) is 31.1 Å². The molecule has 1 fully saturated rings. The van der Waals surface area contributed by atoms with E-state index in [1.807, 2.05) is 25.1 Å². The third-order valence-electron chi connectivity index (χ3n) is 3.35. The Morgan fingerprint density at radius 3 is 2.78 bits per heavy atom. The molecule has 3 nitrogen and oxygen atoms in total. The van der Waals surface area contributed by atoms with Crippen LogP contribution >= 0.6 is 11.6 Å². The number of benzene rings is 1. The average Bonchev–Trinajstić information content (AvgIpc) is 3.14. The van der Waals surface area contributed by atoms with E-state index in [1.165, 1.54) is 12.8 Å². The molecule has 2 rings (SSSR count). The van der Waals surface area contributed by atoms with Crippen LogP contribution in [0, 0.1) is 0 Å². The Kier molecular flexibility index (Phi) is 4.49. The SMILES string of the molecule is C[C@@H](N)c1ccc(OCCN(C)C2CC2)c(Cl)c1. The first-order valence-corrected chi connectivity index (χ1v) is 6.84. The molecule has 4 heteroatoms. The van der Waals surface area contributed by atoms with E-state index in [0.29, 0.717) is 11.6 Å². The van der Waals surface area contributed by atoms with Crippen LogP contribution in [0.3, 0.4) is 0 Å². The Morgan fingerprint density at radius 1 is 1.50 bits per heavy atom. The van der Waals surface area contributed by atoms with Gasteiger partial charge in [-0.15, -0.1) is 0 Å². The van der Waals surface area contributed by atoms with E-state index in [-0.39, 0.29) is 6.04 Å². The van der Waals surface area contributed by atoms with Gasteiger partial charge in [0.1, 0.15) is 12.4 Å². The van der Waals surface area contributed by atoms with Crippen molar-refractivity contribution in [1.82, 2.24) is 4.90 Å². The lowest BCUT2D eigenvalue weighted by Crippen LogP contribution is -2.26. The first kappa shape index (κ1) is 13.7. The Balaban J connectivity index is 1.85. The minimum absolute atomic E-state index is 0.00227. The molecule has 1 aliphatic rings. The van der Waals surface area contributed by atoms with Gasteiger partial charge in [-0.25, -0.2) is 0 Å². The fourth-order valence-electron chi connectivity index (χ4n) is 1.91. The molecule has 100 valence electrons.